The van der Waals surface area contributed by atoms with Gasteiger partial charge in [-0.15, -0.1) is 0 Å². The second kappa shape index (κ2) is 6.54. The van der Waals surface area contributed by atoms with Crippen molar-refractivity contribution in [2.24, 2.45) is 11.3 Å². The molecule has 1 saturated heterocycles. The van der Waals surface area contributed by atoms with E-state index in [4.69, 9.17) is 9.84 Å². The molecule has 20 heavy (non-hydrogen) atoms. The molecule has 114 valence electrons. The molecule has 3 N–H and O–H groups in total. The lowest BCUT2D eigenvalue weighted by Gasteiger charge is -2.36. The molecule has 0 aromatic heterocycles. The third-order valence-electron chi connectivity index (χ3n) is 4.58. The number of ether oxygens (including phenoxy) is 1. The lowest BCUT2D eigenvalue weighted by Crippen LogP contribution is -2.52. The standard InChI is InChI=1S/C14H24N2O4/c1-20-9-14(4-6-15-7-5-14)13(19)16-11-3-2-10(8-11)12(17)18/h10-11,15H,2-9H2,1H3,(H,16,19)(H,17,18)/t10-,11+/m1/s1. The molecule has 1 heterocycles. The molecule has 6 nitrogen and oxygen atoms in total. The monoisotopic (exact) mass is 284 g/mol. The van der Waals surface area contributed by atoms with E-state index >= 15 is 0 Å². The van der Waals surface area contributed by atoms with E-state index in [0.717, 1.165) is 32.4 Å². The van der Waals surface area contributed by atoms with Gasteiger partial charge in [-0.1, -0.05) is 0 Å². The number of carboxylic acid groups (broad SMARTS) is 1. The van der Waals surface area contributed by atoms with Gasteiger partial charge in [0.05, 0.1) is 17.9 Å². The largest absolute Gasteiger partial charge is 0.481 e. The predicted molar refractivity (Wildman–Crippen MR) is 73.3 cm³/mol. The molecule has 0 unspecified atom stereocenters. The number of amides is 1. The van der Waals surface area contributed by atoms with Gasteiger partial charge in [0.25, 0.3) is 0 Å². The molecule has 2 atom stereocenters. The van der Waals surface area contributed by atoms with Crippen molar-refractivity contribution < 1.29 is 19.4 Å². The van der Waals surface area contributed by atoms with Crippen molar-refractivity contribution in [3.8, 4) is 0 Å². The van der Waals surface area contributed by atoms with Gasteiger partial charge in [0.15, 0.2) is 0 Å². The Balaban J connectivity index is 1.94. The minimum absolute atomic E-state index is 0.00721. The Labute approximate surface area is 119 Å². The van der Waals surface area contributed by atoms with Crippen LogP contribution in [0.15, 0.2) is 0 Å². The van der Waals surface area contributed by atoms with Gasteiger partial charge >= 0.3 is 5.97 Å². The predicted octanol–water partition coefficient (Wildman–Crippen LogP) is 0.372. The second-order valence-corrected chi connectivity index (χ2v) is 5.98. The Morgan fingerprint density at radius 3 is 2.60 bits per heavy atom. The first-order chi connectivity index (χ1) is 9.57. The number of rotatable bonds is 5. The molecule has 6 heteroatoms. The molecule has 2 fully saturated rings. The lowest BCUT2D eigenvalue weighted by molar-refractivity contribution is -0.142. The van der Waals surface area contributed by atoms with Crippen molar-refractivity contribution in [3.63, 3.8) is 0 Å². The molecular formula is C14H24N2O4. The number of methoxy groups -OCH3 is 1. The fourth-order valence-corrected chi connectivity index (χ4v) is 3.29. The SMILES string of the molecule is COCC1(C(=O)N[C@H]2CC[C@@H](C(=O)O)C2)CCNCC1. The molecule has 1 aliphatic heterocycles. The van der Waals surface area contributed by atoms with Crippen LogP contribution in [0, 0.1) is 11.3 Å². The summed E-state index contributed by atoms with van der Waals surface area (Å²) in [6.07, 6.45) is 3.48. The summed E-state index contributed by atoms with van der Waals surface area (Å²) in [6, 6.07) is -0.00721. The summed E-state index contributed by atoms with van der Waals surface area (Å²) in [6.45, 7) is 2.06. The number of piperidine rings is 1. The number of carboxylic acids is 1. The normalized spacial score (nSPS) is 29.1. The highest BCUT2D eigenvalue weighted by Gasteiger charge is 2.41. The van der Waals surface area contributed by atoms with Gasteiger partial charge in [-0.2, -0.15) is 0 Å². The van der Waals surface area contributed by atoms with E-state index in [0.29, 0.717) is 19.4 Å². The van der Waals surface area contributed by atoms with Crippen LogP contribution in [0.3, 0.4) is 0 Å². The topological polar surface area (TPSA) is 87.7 Å². The van der Waals surface area contributed by atoms with E-state index in [-0.39, 0.29) is 17.9 Å². The Bertz CT molecular complexity index is 361. The molecule has 0 aromatic rings. The molecule has 0 bridgehead atoms. The molecule has 0 spiro atoms. The van der Waals surface area contributed by atoms with E-state index in [1.165, 1.54) is 0 Å². The Morgan fingerprint density at radius 1 is 1.35 bits per heavy atom. The minimum atomic E-state index is -0.754. The van der Waals surface area contributed by atoms with Crippen LogP contribution < -0.4 is 10.6 Å². The first-order valence-electron chi connectivity index (χ1n) is 7.31. The van der Waals surface area contributed by atoms with Crippen LogP contribution in [0.1, 0.15) is 32.1 Å². The van der Waals surface area contributed by atoms with Crippen molar-refractivity contribution in [2.45, 2.75) is 38.1 Å². The lowest BCUT2D eigenvalue weighted by atomic mass is 9.78. The number of nitrogens with one attached hydrogen (secondary N) is 2. The highest BCUT2D eigenvalue weighted by Crippen LogP contribution is 2.31. The van der Waals surface area contributed by atoms with Gasteiger partial charge in [-0.05, 0) is 45.2 Å². The number of carbonyl (C=O) groups excluding carboxylic acids is 1. The van der Waals surface area contributed by atoms with Crippen LogP contribution in [-0.4, -0.2) is 49.8 Å². The average Bonchev–Trinajstić information content (AvgIpc) is 2.89. The van der Waals surface area contributed by atoms with Crippen LogP contribution in [-0.2, 0) is 14.3 Å². The summed E-state index contributed by atoms with van der Waals surface area (Å²) in [5, 5.41) is 15.3. The maximum Gasteiger partial charge on any atom is 0.306 e. The zero-order chi connectivity index (χ0) is 14.6. The maximum absolute atomic E-state index is 12.6. The van der Waals surface area contributed by atoms with Crippen LogP contribution >= 0.6 is 0 Å². The fraction of sp³-hybridized carbons (Fsp3) is 0.857. The van der Waals surface area contributed by atoms with Crippen LogP contribution in [0.2, 0.25) is 0 Å². The van der Waals surface area contributed by atoms with Gasteiger partial charge in [0, 0.05) is 13.2 Å². The van der Waals surface area contributed by atoms with Crippen LogP contribution in [0.5, 0.6) is 0 Å². The Kier molecular flexibility index (Phi) is 4.99. The van der Waals surface area contributed by atoms with E-state index in [1.807, 2.05) is 0 Å². The minimum Gasteiger partial charge on any atom is -0.481 e. The first kappa shape index (κ1) is 15.3. The number of hydrogen-bond donors (Lipinski definition) is 3. The van der Waals surface area contributed by atoms with Gasteiger partial charge < -0.3 is 20.5 Å². The average molecular weight is 284 g/mol. The van der Waals surface area contributed by atoms with Crippen LogP contribution in [0.4, 0.5) is 0 Å². The highest BCUT2D eigenvalue weighted by molar-refractivity contribution is 5.83. The smallest absolute Gasteiger partial charge is 0.306 e. The molecule has 1 aliphatic carbocycles. The molecule has 2 aliphatic rings. The third kappa shape index (κ3) is 3.30. The number of hydrogen-bond acceptors (Lipinski definition) is 4. The van der Waals surface area contributed by atoms with Crippen LogP contribution in [0.25, 0.3) is 0 Å². The molecule has 2 rings (SSSR count). The molecule has 0 aromatic carbocycles. The third-order valence-corrected chi connectivity index (χ3v) is 4.58. The van der Waals surface area contributed by atoms with Crippen molar-refractivity contribution >= 4 is 11.9 Å². The summed E-state index contributed by atoms with van der Waals surface area (Å²) in [5.41, 5.74) is -0.457. The van der Waals surface area contributed by atoms with E-state index in [2.05, 4.69) is 10.6 Å². The first-order valence-corrected chi connectivity index (χ1v) is 7.31. The maximum atomic E-state index is 12.6. The van der Waals surface area contributed by atoms with E-state index in [9.17, 15) is 9.59 Å². The van der Waals surface area contributed by atoms with Gasteiger partial charge in [0.1, 0.15) is 0 Å². The summed E-state index contributed by atoms with van der Waals surface area (Å²) in [7, 11) is 1.62. The van der Waals surface area contributed by atoms with Crippen molar-refractivity contribution in [3.05, 3.63) is 0 Å². The summed E-state index contributed by atoms with van der Waals surface area (Å²) < 4.78 is 5.25. The molecule has 1 saturated carbocycles. The van der Waals surface area contributed by atoms with Crippen molar-refractivity contribution in [1.82, 2.24) is 10.6 Å². The fourth-order valence-electron chi connectivity index (χ4n) is 3.29. The van der Waals surface area contributed by atoms with Gasteiger partial charge in [-0.25, -0.2) is 0 Å². The molecule has 1 amide bonds. The summed E-state index contributed by atoms with van der Waals surface area (Å²) >= 11 is 0. The van der Waals surface area contributed by atoms with E-state index in [1.54, 1.807) is 7.11 Å². The van der Waals surface area contributed by atoms with Crippen molar-refractivity contribution in [1.29, 1.82) is 0 Å². The highest BCUT2D eigenvalue weighted by atomic mass is 16.5. The molecule has 0 radical (unpaired) electrons. The summed E-state index contributed by atoms with van der Waals surface area (Å²) in [5.74, 6) is -1.04. The second-order valence-electron chi connectivity index (χ2n) is 5.98. The number of carbonyl (C=O) groups is 2. The Morgan fingerprint density at radius 2 is 2.05 bits per heavy atom. The molecular weight excluding hydrogens is 260 g/mol. The Hall–Kier alpha value is -1.14. The van der Waals surface area contributed by atoms with E-state index < -0.39 is 11.4 Å². The zero-order valence-electron chi connectivity index (χ0n) is 12.0. The quantitative estimate of drug-likeness (QED) is 0.679. The van der Waals surface area contributed by atoms with Crippen molar-refractivity contribution in [2.75, 3.05) is 26.8 Å². The van der Waals surface area contributed by atoms with Gasteiger partial charge in [0.2, 0.25) is 5.91 Å². The summed E-state index contributed by atoms with van der Waals surface area (Å²) in [4.78, 5) is 23.5. The zero-order valence-corrected chi connectivity index (χ0v) is 12.0. The number of aliphatic carboxylic acids is 1. The van der Waals surface area contributed by atoms with Gasteiger partial charge in [-0.3, -0.25) is 9.59 Å².